The Morgan fingerprint density at radius 3 is 2.62 bits per heavy atom. The van der Waals surface area contributed by atoms with Gasteiger partial charge < -0.3 is 4.90 Å². The first-order chi connectivity index (χ1) is 15.6. The third-order valence-corrected chi connectivity index (χ3v) is 8.95. The number of nitrogens with zero attached hydrogens (tertiary/aromatic N) is 3. The number of aromatic nitrogens is 2. The molecule has 166 valence electrons. The van der Waals surface area contributed by atoms with Gasteiger partial charge in [0.2, 0.25) is 0 Å². The summed E-state index contributed by atoms with van der Waals surface area (Å²) in [5.74, 6) is 1.58. The fourth-order valence-electron chi connectivity index (χ4n) is 6.54. The first kappa shape index (κ1) is 20.6. The molecule has 0 bridgehead atoms. The van der Waals surface area contributed by atoms with Gasteiger partial charge in [0.05, 0.1) is 22.0 Å². The Kier molecular flexibility index (Phi) is 5.03. The number of benzene rings is 2. The minimum Gasteiger partial charge on any atom is -0.304 e. The third kappa shape index (κ3) is 2.97. The Hall–Kier alpha value is -1.98. The van der Waals surface area contributed by atoms with Gasteiger partial charge in [-0.3, -0.25) is 9.36 Å². The first-order valence-electron chi connectivity index (χ1n) is 12.2. The quantitative estimate of drug-likeness (QED) is 0.447. The molecule has 3 heterocycles. The summed E-state index contributed by atoms with van der Waals surface area (Å²) in [7, 11) is 0. The summed E-state index contributed by atoms with van der Waals surface area (Å²) in [4.78, 5) is 20.5. The SMILES string of the molecule is CCN1CCC(c2ccc3c(c2)-n2c(nc(=O)c4c(Br)cccc42)C32CCCCC2)CC1. The molecule has 1 saturated carbocycles. The van der Waals surface area contributed by atoms with Crippen molar-refractivity contribution in [2.75, 3.05) is 19.6 Å². The molecular weight excluding hydrogens is 462 g/mol. The Bertz CT molecular complexity index is 1250. The summed E-state index contributed by atoms with van der Waals surface area (Å²) < 4.78 is 3.16. The van der Waals surface area contributed by atoms with Gasteiger partial charge >= 0.3 is 0 Å². The van der Waals surface area contributed by atoms with Gasteiger partial charge in [-0.15, -0.1) is 0 Å². The highest BCUT2D eigenvalue weighted by atomic mass is 79.9. The average Bonchev–Trinajstić information content (AvgIpc) is 3.08. The molecule has 6 rings (SSSR count). The van der Waals surface area contributed by atoms with Gasteiger partial charge in [0, 0.05) is 4.47 Å². The second-order valence-electron chi connectivity index (χ2n) is 9.84. The highest BCUT2D eigenvalue weighted by molar-refractivity contribution is 9.10. The van der Waals surface area contributed by atoms with Crippen LogP contribution in [0, 0.1) is 0 Å². The van der Waals surface area contributed by atoms with Crippen LogP contribution in [0.2, 0.25) is 0 Å². The van der Waals surface area contributed by atoms with E-state index in [1.165, 1.54) is 62.0 Å². The highest BCUT2D eigenvalue weighted by Gasteiger charge is 2.46. The molecule has 2 aromatic carbocycles. The fraction of sp³-hybridized carbons (Fsp3) is 0.481. The minimum atomic E-state index is -0.118. The van der Waals surface area contributed by atoms with E-state index in [-0.39, 0.29) is 11.0 Å². The van der Waals surface area contributed by atoms with E-state index in [1.54, 1.807) is 0 Å². The zero-order valence-electron chi connectivity index (χ0n) is 18.7. The summed E-state index contributed by atoms with van der Waals surface area (Å²) in [6.45, 7) is 5.77. The number of likely N-dealkylation sites (tertiary alicyclic amines) is 1. The van der Waals surface area contributed by atoms with Crippen molar-refractivity contribution in [2.45, 2.75) is 63.2 Å². The second kappa shape index (κ2) is 7.81. The van der Waals surface area contributed by atoms with Crippen LogP contribution in [0.5, 0.6) is 0 Å². The largest absolute Gasteiger partial charge is 0.304 e. The van der Waals surface area contributed by atoms with E-state index in [9.17, 15) is 4.79 Å². The minimum absolute atomic E-state index is 0.108. The molecule has 1 aliphatic carbocycles. The lowest BCUT2D eigenvalue weighted by molar-refractivity contribution is 0.222. The van der Waals surface area contributed by atoms with E-state index in [4.69, 9.17) is 4.98 Å². The maximum Gasteiger partial charge on any atom is 0.281 e. The molecule has 0 amide bonds. The summed E-state index contributed by atoms with van der Waals surface area (Å²) in [5, 5.41) is 0.691. The molecule has 3 aromatic rings. The van der Waals surface area contributed by atoms with Crippen LogP contribution in [0.3, 0.4) is 0 Å². The van der Waals surface area contributed by atoms with Crippen LogP contribution in [0.1, 0.15) is 74.7 Å². The van der Waals surface area contributed by atoms with Gasteiger partial charge in [0.25, 0.3) is 5.56 Å². The van der Waals surface area contributed by atoms with Crippen LogP contribution < -0.4 is 5.56 Å². The molecule has 0 N–H and O–H groups in total. The molecule has 32 heavy (non-hydrogen) atoms. The standard InChI is InChI=1S/C27H30BrN3O/c1-2-30-15-11-18(12-16-30)19-9-10-20-23(17-19)31-22-8-6-7-21(28)24(22)25(32)29-26(31)27(20)13-4-3-5-14-27/h6-10,17-18H,2-5,11-16H2,1H3. The molecule has 1 spiro atoms. The van der Waals surface area contributed by atoms with Crippen molar-refractivity contribution in [3.8, 4) is 5.69 Å². The monoisotopic (exact) mass is 491 g/mol. The molecule has 2 aliphatic heterocycles. The fourth-order valence-corrected chi connectivity index (χ4v) is 7.06. The zero-order chi connectivity index (χ0) is 21.9. The van der Waals surface area contributed by atoms with Crippen LogP contribution in [-0.2, 0) is 5.41 Å². The number of hydrogen-bond donors (Lipinski definition) is 0. The van der Waals surface area contributed by atoms with Crippen LogP contribution in [-0.4, -0.2) is 34.1 Å². The van der Waals surface area contributed by atoms with E-state index < -0.39 is 0 Å². The van der Waals surface area contributed by atoms with E-state index in [2.05, 4.69) is 56.6 Å². The van der Waals surface area contributed by atoms with Gasteiger partial charge in [-0.2, -0.15) is 4.98 Å². The van der Waals surface area contributed by atoms with Crippen molar-refractivity contribution in [3.05, 3.63) is 68.2 Å². The molecule has 1 aromatic heterocycles. The molecule has 0 radical (unpaired) electrons. The van der Waals surface area contributed by atoms with Crippen molar-refractivity contribution in [1.29, 1.82) is 0 Å². The molecule has 5 heteroatoms. The third-order valence-electron chi connectivity index (χ3n) is 8.29. The van der Waals surface area contributed by atoms with Crippen molar-refractivity contribution < 1.29 is 0 Å². The zero-order valence-corrected chi connectivity index (χ0v) is 20.3. The maximum absolute atomic E-state index is 13.2. The lowest BCUT2D eigenvalue weighted by Crippen LogP contribution is -2.32. The van der Waals surface area contributed by atoms with E-state index in [0.29, 0.717) is 11.3 Å². The maximum atomic E-state index is 13.2. The predicted molar refractivity (Wildman–Crippen MR) is 133 cm³/mol. The molecule has 3 aliphatic rings. The summed E-state index contributed by atoms with van der Waals surface area (Å²) in [6, 6.07) is 13.3. The van der Waals surface area contributed by atoms with Crippen LogP contribution in [0.15, 0.2) is 45.7 Å². The number of rotatable bonds is 2. The van der Waals surface area contributed by atoms with Crippen LogP contribution >= 0.6 is 15.9 Å². The summed E-state index contributed by atoms with van der Waals surface area (Å²) in [6.07, 6.45) is 8.28. The van der Waals surface area contributed by atoms with Gasteiger partial charge in [-0.1, -0.05) is 44.4 Å². The lowest BCUT2D eigenvalue weighted by atomic mass is 9.69. The number of halogens is 1. The lowest BCUT2D eigenvalue weighted by Gasteiger charge is -2.34. The number of fused-ring (bicyclic) bond motifs is 7. The van der Waals surface area contributed by atoms with Crippen molar-refractivity contribution in [3.63, 3.8) is 0 Å². The summed E-state index contributed by atoms with van der Waals surface area (Å²) >= 11 is 3.61. The van der Waals surface area contributed by atoms with Gasteiger partial charge in [0.1, 0.15) is 5.82 Å². The molecule has 4 nitrogen and oxygen atoms in total. The summed E-state index contributed by atoms with van der Waals surface area (Å²) in [5.41, 5.74) is 4.84. The van der Waals surface area contributed by atoms with E-state index >= 15 is 0 Å². The van der Waals surface area contributed by atoms with Crippen molar-refractivity contribution in [2.24, 2.45) is 0 Å². The smallest absolute Gasteiger partial charge is 0.281 e. The molecule has 1 saturated heterocycles. The van der Waals surface area contributed by atoms with Crippen LogP contribution in [0.4, 0.5) is 0 Å². The number of hydrogen-bond acceptors (Lipinski definition) is 3. The first-order valence-corrected chi connectivity index (χ1v) is 13.0. The number of piperidine rings is 1. The van der Waals surface area contributed by atoms with Gasteiger partial charge in [0.15, 0.2) is 0 Å². The normalized spacial score (nSPS) is 20.6. The average molecular weight is 492 g/mol. The van der Waals surface area contributed by atoms with Crippen LogP contribution in [0.25, 0.3) is 16.6 Å². The van der Waals surface area contributed by atoms with Crippen molar-refractivity contribution in [1.82, 2.24) is 14.5 Å². The van der Waals surface area contributed by atoms with Crippen molar-refractivity contribution >= 4 is 26.8 Å². The van der Waals surface area contributed by atoms with E-state index in [0.717, 1.165) is 35.2 Å². The molecule has 0 atom stereocenters. The van der Waals surface area contributed by atoms with Gasteiger partial charge in [-0.05, 0) is 96.5 Å². The highest BCUT2D eigenvalue weighted by Crippen LogP contribution is 2.52. The molecule has 2 fully saturated rings. The molecular formula is C27H30BrN3O. The Morgan fingerprint density at radius 2 is 1.88 bits per heavy atom. The Labute approximate surface area is 197 Å². The predicted octanol–water partition coefficient (Wildman–Crippen LogP) is 5.91. The van der Waals surface area contributed by atoms with Gasteiger partial charge in [-0.25, -0.2) is 0 Å². The molecule has 0 unspecified atom stereocenters. The second-order valence-corrected chi connectivity index (χ2v) is 10.7. The van der Waals surface area contributed by atoms with E-state index in [1.807, 2.05) is 12.1 Å². The topological polar surface area (TPSA) is 38.1 Å². The Balaban J connectivity index is 1.57. The Morgan fingerprint density at radius 1 is 1.09 bits per heavy atom.